The Morgan fingerprint density at radius 3 is 2.25 bits per heavy atom. The highest BCUT2D eigenvalue weighted by molar-refractivity contribution is 5.87. The lowest BCUT2D eigenvalue weighted by Crippen LogP contribution is -2.47. The standard InChI is InChI=1S/C7H12F3N3O3/c8-7(9,10)4(14)2-13-6(16)3(11)1-5(12)15/h3-4,14H,1-2,11H2,(H2,12,15)(H,13,16). The number of alkyl halides is 3. The summed E-state index contributed by atoms with van der Waals surface area (Å²) in [4.78, 5) is 21.3. The molecule has 0 aromatic rings. The van der Waals surface area contributed by atoms with Crippen LogP contribution in [0.1, 0.15) is 6.42 Å². The van der Waals surface area contributed by atoms with Gasteiger partial charge in [-0.1, -0.05) is 0 Å². The van der Waals surface area contributed by atoms with E-state index in [1.54, 1.807) is 5.32 Å². The Morgan fingerprint density at radius 2 is 1.88 bits per heavy atom. The van der Waals surface area contributed by atoms with E-state index < -0.39 is 43.1 Å². The second-order valence-electron chi connectivity index (χ2n) is 3.08. The molecule has 0 aliphatic heterocycles. The van der Waals surface area contributed by atoms with Gasteiger partial charge in [0.15, 0.2) is 6.10 Å². The maximum absolute atomic E-state index is 11.8. The number of nitrogens with one attached hydrogen (secondary N) is 1. The number of halogens is 3. The van der Waals surface area contributed by atoms with Crippen LogP contribution in [0, 0.1) is 0 Å². The number of nitrogens with two attached hydrogens (primary N) is 2. The molecule has 0 aromatic heterocycles. The van der Waals surface area contributed by atoms with Crippen molar-refractivity contribution >= 4 is 11.8 Å². The number of hydrogen-bond donors (Lipinski definition) is 4. The van der Waals surface area contributed by atoms with E-state index in [1.807, 2.05) is 0 Å². The number of rotatable bonds is 5. The summed E-state index contributed by atoms with van der Waals surface area (Å²) in [7, 11) is 0. The first kappa shape index (κ1) is 14.6. The van der Waals surface area contributed by atoms with Gasteiger partial charge in [-0.3, -0.25) is 9.59 Å². The highest BCUT2D eigenvalue weighted by atomic mass is 19.4. The predicted molar refractivity (Wildman–Crippen MR) is 46.9 cm³/mol. The third-order valence-corrected chi connectivity index (χ3v) is 1.61. The number of aliphatic hydroxyl groups excluding tert-OH is 1. The topological polar surface area (TPSA) is 118 Å². The van der Waals surface area contributed by atoms with Gasteiger partial charge >= 0.3 is 6.18 Å². The molecule has 16 heavy (non-hydrogen) atoms. The van der Waals surface area contributed by atoms with Crippen LogP contribution in [0.15, 0.2) is 0 Å². The molecule has 0 radical (unpaired) electrons. The smallest absolute Gasteiger partial charge is 0.382 e. The molecule has 2 atom stereocenters. The number of primary amides is 1. The van der Waals surface area contributed by atoms with Gasteiger partial charge in [0.25, 0.3) is 0 Å². The predicted octanol–water partition coefficient (Wildman–Crippen LogP) is -1.77. The van der Waals surface area contributed by atoms with E-state index in [-0.39, 0.29) is 0 Å². The van der Waals surface area contributed by atoms with Gasteiger partial charge in [0, 0.05) is 0 Å². The van der Waals surface area contributed by atoms with Crippen molar-refractivity contribution in [1.29, 1.82) is 0 Å². The first-order valence-electron chi connectivity index (χ1n) is 4.21. The van der Waals surface area contributed by atoms with Crippen LogP contribution in [0.3, 0.4) is 0 Å². The van der Waals surface area contributed by atoms with Gasteiger partial charge in [-0.2, -0.15) is 13.2 Å². The van der Waals surface area contributed by atoms with Crippen molar-refractivity contribution in [2.24, 2.45) is 11.5 Å². The van der Waals surface area contributed by atoms with Crippen LogP contribution in [0.25, 0.3) is 0 Å². The first-order valence-corrected chi connectivity index (χ1v) is 4.21. The Bertz CT molecular complexity index is 269. The van der Waals surface area contributed by atoms with E-state index in [1.165, 1.54) is 0 Å². The maximum Gasteiger partial charge on any atom is 0.416 e. The van der Waals surface area contributed by atoms with Crippen LogP contribution in [-0.2, 0) is 9.59 Å². The maximum atomic E-state index is 11.8. The van der Waals surface area contributed by atoms with E-state index >= 15 is 0 Å². The quantitative estimate of drug-likeness (QED) is 0.457. The van der Waals surface area contributed by atoms with Crippen molar-refractivity contribution < 1.29 is 27.9 Å². The average molecular weight is 243 g/mol. The molecule has 0 aliphatic rings. The SMILES string of the molecule is NC(=O)CC(N)C(=O)NCC(O)C(F)(F)F. The van der Waals surface area contributed by atoms with Crippen molar-refractivity contribution in [3.8, 4) is 0 Å². The summed E-state index contributed by atoms with van der Waals surface area (Å²) in [5.74, 6) is -1.83. The zero-order chi connectivity index (χ0) is 12.9. The lowest BCUT2D eigenvalue weighted by Gasteiger charge is -2.16. The Hall–Kier alpha value is -1.35. The summed E-state index contributed by atoms with van der Waals surface area (Å²) >= 11 is 0. The molecule has 0 saturated carbocycles. The van der Waals surface area contributed by atoms with E-state index in [0.717, 1.165) is 0 Å². The van der Waals surface area contributed by atoms with Crippen molar-refractivity contribution in [2.45, 2.75) is 24.7 Å². The number of hydrogen-bond acceptors (Lipinski definition) is 4. The van der Waals surface area contributed by atoms with E-state index in [2.05, 4.69) is 0 Å². The third kappa shape index (κ3) is 5.51. The van der Waals surface area contributed by atoms with Crippen LogP contribution in [0.5, 0.6) is 0 Å². The number of carbonyl (C=O) groups is 2. The van der Waals surface area contributed by atoms with Gasteiger partial charge in [-0.05, 0) is 0 Å². The van der Waals surface area contributed by atoms with Crippen LogP contribution < -0.4 is 16.8 Å². The van der Waals surface area contributed by atoms with E-state index in [0.29, 0.717) is 0 Å². The van der Waals surface area contributed by atoms with Gasteiger partial charge in [0.05, 0.1) is 19.0 Å². The minimum Gasteiger partial charge on any atom is -0.382 e. The van der Waals surface area contributed by atoms with Crippen molar-refractivity contribution in [3.63, 3.8) is 0 Å². The molecular weight excluding hydrogens is 231 g/mol. The molecule has 2 amide bonds. The highest BCUT2D eigenvalue weighted by Gasteiger charge is 2.38. The number of amides is 2. The minimum atomic E-state index is -4.82. The summed E-state index contributed by atoms with van der Waals surface area (Å²) < 4.78 is 35.4. The monoisotopic (exact) mass is 243 g/mol. The fourth-order valence-corrected chi connectivity index (χ4v) is 0.754. The van der Waals surface area contributed by atoms with Gasteiger partial charge in [0.2, 0.25) is 11.8 Å². The normalized spacial score (nSPS) is 15.3. The van der Waals surface area contributed by atoms with E-state index in [4.69, 9.17) is 16.6 Å². The molecule has 0 saturated heterocycles. The molecule has 6 N–H and O–H groups in total. The van der Waals surface area contributed by atoms with Crippen molar-refractivity contribution in [1.82, 2.24) is 5.32 Å². The molecule has 0 aromatic carbocycles. The second kappa shape index (κ2) is 5.66. The Kier molecular flexibility index (Phi) is 5.18. The zero-order valence-electron chi connectivity index (χ0n) is 8.12. The second-order valence-corrected chi connectivity index (χ2v) is 3.08. The molecule has 0 heterocycles. The summed E-state index contributed by atoms with van der Waals surface area (Å²) in [6, 6.07) is -1.32. The van der Waals surface area contributed by atoms with Crippen LogP contribution in [0.2, 0.25) is 0 Å². The van der Waals surface area contributed by atoms with Gasteiger partial charge < -0.3 is 21.9 Å². The summed E-state index contributed by atoms with van der Waals surface area (Å²) in [6.45, 7) is -1.02. The van der Waals surface area contributed by atoms with Crippen LogP contribution in [0.4, 0.5) is 13.2 Å². The first-order chi connectivity index (χ1) is 7.14. The molecular formula is C7H12F3N3O3. The van der Waals surface area contributed by atoms with Crippen LogP contribution >= 0.6 is 0 Å². The molecule has 9 heteroatoms. The summed E-state index contributed by atoms with van der Waals surface area (Å²) in [6.07, 6.45) is -7.97. The molecule has 0 rings (SSSR count). The van der Waals surface area contributed by atoms with Gasteiger partial charge in [-0.15, -0.1) is 0 Å². The molecule has 0 aliphatic carbocycles. The number of carbonyl (C=O) groups excluding carboxylic acids is 2. The van der Waals surface area contributed by atoms with E-state index in [9.17, 15) is 22.8 Å². The Morgan fingerprint density at radius 1 is 1.38 bits per heavy atom. The largest absolute Gasteiger partial charge is 0.416 e. The average Bonchev–Trinajstić information content (AvgIpc) is 2.10. The lowest BCUT2D eigenvalue weighted by atomic mass is 10.2. The summed E-state index contributed by atoms with van der Waals surface area (Å²) in [5.41, 5.74) is 9.87. The minimum absolute atomic E-state index is 0.478. The lowest BCUT2D eigenvalue weighted by molar-refractivity contribution is -0.201. The fourth-order valence-electron chi connectivity index (χ4n) is 0.754. The Labute approximate surface area is 88.8 Å². The molecule has 94 valence electrons. The molecule has 2 unspecified atom stereocenters. The molecule has 0 spiro atoms. The summed E-state index contributed by atoms with van der Waals surface area (Å²) in [5, 5.41) is 10.3. The Balaban J connectivity index is 4.03. The van der Waals surface area contributed by atoms with Crippen molar-refractivity contribution in [3.05, 3.63) is 0 Å². The zero-order valence-corrected chi connectivity index (χ0v) is 8.12. The number of aliphatic hydroxyl groups is 1. The van der Waals surface area contributed by atoms with Gasteiger partial charge in [-0.25, -0.2) is 0 Å². The molecule has 0 bridgehead atoms. The third-order valence-electron chi connectivity index (χ3n) is 1.61. The van der Waals surface area contributed by atoms with Crippen molar-refractivity contribution in [2.75, 3.05) is 6.54 Å². The molecule has 0 fully saturated rings. The molecule has 6 nitrogen and oxygen atoms in total. The van der Waals surface area contributed by atoms with Gasteiger partial charge in [0.1, 0.15) is 0 Å². The van der Waals surface area contributed by atoms with Crippen LogP contribution in [-0.4, -0.2) is 41.8 Å². The fraction of sp³-hybridized carbons (Fsp3) is 0.714. The highest BCUT2D eigenvalue weighted by Crippen LogP contribution is 2.19.